The second-order valence-corrected chi connectivity index (χ2v) is 3.40. The third-order valence-corrected chi connectivity index (χ3v) is 2.07. The molecule has 0 N–H and O–H groups in total. The Bertz CT molecular complexity index is 257. The Morgan fingerprint density at radius 3 is 2.82 bits per heavy atom. The fraction of sp³-hybridized carbons (Fsp3) is 0.222. The molecule has 2 heteroatoms. The van der Waals surface area contributed by atoms with E-state index in [9.17, 15) is 4.79 Å². The van der Waals surface area contributed by atoms with Crippen molar-refractivity contribution in [2.45, 2.75) is 12.8 Å². The predicted octanol–water partition coefficient (Wildman–Crippen LogP) is 2.75. The molecular weight excluding hydrogens is 204 g/mol. The Morgan fingerprint density at radius 1 is 1.55 bits per heavy atom. The molecule has 1 unspecified atom stereocenters. The summed E-state index contributed by atoms with van der Waals surface area (Å²) in [6.07, 6.45) is 0.946. The molecule has 0 bridgehead atoms. The van der Waals surface area contributed by atoms with Gasteiger partial charge in [-0.3, -0.25) is 0 Å². The Morgan fingerprint density at radius 2 is 2.27 bits per heavy atom. The summed E-state index contributed by atoms with van der Waals surface area (Å²) in [5.74, 6) is -0.00694. The quantitative estimate of drug-likeness (QED) is 0.690. The second-order valence-electron chi connectivity index (χ2n) is 2.48. The number of aldehydes is 1. The van der Waals surface area contributed by atoms with Crippen molar-refractivity contribution >= 4 is 22.2 Å². The van der Waals surface area contributed by atoms with E-state index >= 15 is 0 Å². The Kier molecular flexibility index (Phi) is 2.83. The first-order chi connectivity index (χ1) is 5.24. The van der Waals surface area contributed by atoms with Crippen molar-refractivity contribution in [2.24, 2.45) is 0 Å². The van der Waals surface area contributed by atoms with Gasteiger partial charge in [-0.05, 0) is 17.7 Å². The molecule has 1 aromatic rings. The van der Waals surface area contributed by atoms with Crippen molar-refractivity contribution in [1.29, 1.82) is 0 Å². The van der Waals surface area contributed by atoms with Gasteiger partial charge in [0, 0.05) is 10.4 Å². The zero-order valence-electron chi connectivity index (χ0n) is 6.25. The lowest BCUT2D eigenvalue weighted by molar-refractivity contribution is -0.108. The predicted molar refractivity (Wildman–Crippen MR) is 48.6 cm³/mol. The molecule has 1 nitrogen and oxygen atoms in total. The summed E-state index contributed by atoms with van der Waals surface area (Å²) in [5, 5.41) is 0. The van der Waals surface area contributed by atoms with Gasteiger partial charge in [0.15, 0.2) is 0 Å². The maximum Gasteiger partial charge on any atom is 0.127 e. The molecule has 0 amide bonds. The smallest absolute Gasteiger partial charge is 0.127 e. The van der Waals surface area contributed by atoms with Gasteiger partial charge in [-0.25, -0.2) is 0 Å². The highest BCUT2D eigenvalue weighted by molar-refractivity contribution is 9.10. The highest BCUT2D eigenvalue weighted by atomic mass is 79.9. The standard InChI is InChI=1S/C9H9BrO/c1-7(6-11)8-3-2-4-9(10)5-8/h2-7H,1H3. The molecule has 0 aliphatic heterocycles. The van der Waals surface area contributed by atoms with Crippen molar-refractivity contribution < 1.29 is 4.79 Å². The van der Waals surface area contributed by atoms with E-state index in [1.54, 1.807) is 0 Å². The second kappa shape index (κ2) is 3.67. The molecule has 0 aliphatic rings. The molecule has 0 radical (unpaired) electrons. The first-order valence-electron chi connectivity index (χ1n) is 3.45. The Balaban J connectivity index is 2.95. The average Bonchev–Trinajstić information content (AvgIpc) is 2.03. The molecule has 1 atom stereocenters. The summed E-state index contributed by atoms with van der Waals surface area (Å²) in [5.41, 5.74) is 1.05. The van der Waals surface area contributed by atoms with E-state index < -0.39 is 0 Å². The fourth-order valence-corrected chi connectivity index (χ4v) is 1.29. The van der Waals surface area contributed by atoms with E-state index in [1.165, 1.54) is 0 Å². The van der Waals surface area contributed by atoms with Crippen molar-refractivity contribution in [3.63, 3.8) is 0 Å². The van der Waals surface area contributed by atoms with Crippen molar-refractivity contribution in [3.05, 3.63) is 34.3 Å². The molecule has 58 valence electrons. The monoisotopic (exact) mass is 212 g/mol. The van der Waals surface area contributed by atoms with E-state index in [2.05, 4.69) is 15.9 Å². The first-order valence-corrected chi connectivity index (χ1v) is 4.24. The molecule has 1 aromatic carbocycles. The van der Waals surface area contributed by atoms with Crippen LogP contribution in [0.5, 0.6) is 0 Å². The van der Waals surface area contributed by atoms with Gasteiger partial charge in [-0.2, -0.15) is 0 Å². The molecule has 0 saturated heterocycles. The van der Waals surface area contributed by atoms with Crippen LogP contribution in [0, 0.1) is 0 Å². The molecule has 1 rings (SSSR count). The van der Waals surface area contributed by atoms with Gasteiger partial charge in [-0.15, -0.1) is 0 Å². The zero-order valence-corrected chi connectivity index (χ0v) is 7.84. The van der Waals surface area contributed by atoms with Gasteiger partial charge in [0.05, 0.1) is 0 Å². The first kappa shape index (κ1) is 8.47. The van der Waals surface area contributed by atoms with E-state index in [0.29, 0.717) is 0 Å². The summed E-state index contributed by atoms with van der Waals surface area (Å²) in [6.45, 7) is 1.88. The number of rotatable bonds is 2. The summed E-state index contributed by atoms with van der Waals surface area (Å²) < 4.78 is 1.02. The lowest BCUT2D eigenvalue weighted by atomic mass is 10.0. The molecule has 0 saturated carbocycles. The summed E-state index contributed by atoms with van der Waals surface area (Å²) >= 11 is 3.34. The maximum absolute atomic E-state index is 10.4. The lowest BCUT2D eigenvalue weighted by Crippen LogP contribution is -1.92. The topological polar surface area (TPSA) is 17.1 Å². The number of benzene rings is 1. The van der Waals surface area contributed by atoms with Crippen LogP contribution in [0.15, 0.2) is 28.7 Å². The minimum absolute atomic E-state index is 0.00694. The number of halogens is 1. The molecular formula is C9H9BrO. The summed E-state index contributed by atoms with van der Waals surface area (Å²) in [4.78, 5) is 10.4. The van der Waals surface area contributed by atoms with Crippen LogP contribution < -0.4 is 0 Å². The van der Waals surface area contributed by atoms with E-state index in [4.69, 9.17) is 0 Å². The highest BCUT2D eigenvalue weighted by Gasteiger charge is 2.02. The Labute approximate surface area is 74.6 Å². The molecule has 0 spiro atoms. The number of hydrogen-bond donors (Lipinski definition) is 0. The fourth-order valence-electron chi connectivity index (χ4n) is 0.868. The van der Waals surface area contributed by atoms with Gasteiger partial charge in [0.1, 0.15) is 6.29 Å². The lowest BCUT2D eigenvalue weighted by Gasteiger charge is -2.02. The third-order valence-electron chi connectivity index (χ3n) is 1.58. The Hall–Kier alpha value is -0.630. The SMILES string of the molecule is CC(C=O)c1cccc(Br)c1. The minimum Gasteiger partial charge on any atom is -0.303 e. The molecule has 11 heavy (non-hydrogen) atoms. The molecule has 0 aromatic heterocycles. The van der Waals surface area contributed by atoms with Crippen LogP contribution in [0.4, 0.5) is 0 Å². The highest BCUT2D eigenvalue weighted by Crippen LogP contribution is 2.17. The van der Waals surface area contributed by atoms with Gasteiger partial charge in [-0.1, -0.05) is 35.0 Å². The van der Waals surface area contributed by atoms with E-state index in [-0.39, 0.29) is 5.92 Å². The maximum atomic E-state index is 10.4. The molecule has 0 aliphatic carbocycles. The van der Waals surface area contributed by atoms with Crippen LogP contribution in [-0.4, -0.2) is 6.29 Å². The van der Waals surface area contributed by atoms with Crippen molar-refractivity contribution in [3.8, 4) is 0 Å². The summed E-state index contributed by atoms with van der Waals surface area (Å²) in [7, 11) is 0. The van der Waals surface area contributed by atoms with Gasteiger partial charge < -0.3 is 4.79 Å². The van der Waals surface area contributed by atoms with Crippen LogP contribution in [0.2, 0.25) is 0 Å². The number of carbonyl (C=O) groups excluding carboxylic acids is 1. The van der Waals surface area contributed by atoms with Gasteiger partial charge >= 0.3 is 0 Å². The van der Waals surface area contributed by atoms with Crippen molar-refractivity contribution in [1.82, 2.24) is 0 Å². The molecule has 0 heterocycles. The van der Waals surface area contributed by atoms with E-state index in [0.717, 1.165) is 16.3 Å². The number of hydrogen-bond acceptors (Lipinski definition) is 1. The van der Waals surface area contributed by atoms with Gasteiger partial charge in [0.25, 0.3) is 0 Å². The van der Waals surface area contributed by atoms with Gasteiger partial charge in [0.2, 0.25) is 0 Å². The normalized spacial score (nSPS) is 12.5. The van der Waals surface area contributed by atoms with Crippen LogP contribution in [-0.2, 0) is 4.79 Å². The average molecular weight is 213 g/mol. The zero-order chi connectivity index (χ0) is 8.27. The van der Waals surface area contributed by atoms with Crippen LogP contribution >= 0.6 is 15.9 Å². The van der Waals surface area contributed by atoms with Crippen LogP contribution in [0.1, 0.15) is 18.4 Å². The van der Waals surface area contributed by atoms with Crippen LogP contribution in [0.3, 0.4) is 0 Å². The van der Waals surface area contributed by atoms with E-state index in [1.807, 2.05) is 31.2 Å². The largest absolute Gasteiger partial charge is 0.303 e. The summed E-state index contributed by atoms with van der Waals surface area (Å²) in [6, 6.07) is 7.78. The number of carbonyl (C=O) groups is 1. The third kappa shape index (κ3) is 2.15. The minimum atomic E-state index is -0.00694. The van der Waals surface area contributed by atoms with Crippen LogP contribution in [0.25, 0.3) is 0 Å². The molecule has 0 fully saturated rings. The van der Waals surface area contributed by atoms with Crippen molar-refractivity contribution in [2.75, 3.05) is 0 Å².